The van der Waals surface area contributed by atoms with Gasteiger partial charge >= 0.3 is 0 Å². The first-order valence-corrected chi connectivity index (χ1v) is 5.70. The van der Waals surface area contributed by atoms with Crippen LogP contribution in [0.25, 0.3) is 0 Å². The fraction of sp³-hybridized carbons (Fsp3) is 0.538. The van der Waals surface area contributed by atoms with E-state index in [0.29, 0.717) is 6.04 Å². The van der Waals surface area contributed by atoms with Crippen LogP contribution in [0.15, 0.2) is 24.3 Å². The third-order valence-corrected chi connectivity index (χ3v) is 2.59. The zero-order chi connectivity index (χ0) is 12.0. The smallest absolute Gasteiger partial charge is 0.0663 e. The number of benzene rings is 1. The molecule has 0 spiro atoms. The molecule has 0 aliphatic carbocycles. The molecular weight excluding hydrogens is 200 g/mol. The maximum Gasteiger partial charge on any atom is 0.0663 e. The normalized spacial score (nSPS) is 12.2. The van der Waals surface area contributed by atoms with Crippen molar-refractivity contribution in [1.29, 1.82) is 0 Å². The number of ether oxygens (including phenoxy) is 1. The molecule has 1 unspecified atom stereocenters. The molecule has 1 rings (SSSR count). The third kappa shape index (κ3) is 3.74. The van der Waals surface area contributed by atoms with Crippen molar-refractivity contribution in [2.45, 2.75) is 19.4 Å². The molecule has 0 saturated heterocycles. The fourth-order valence-electron chi connectivity index (χ4n) is 1.57. The lowest BCUT2D eigenvalue weighted by atomic mass is 10.2. The summed E-state index contributed by atoms with van der Waals surface area (Å²) >= 11 is 0. The van der Waals surface area contributed by atoms with Crippen LogP contribution in [0.3, 0.4) is 0 Å². The van der Waals surface area contributed by atoms with Crippen molar-refractivity contribution in [2.24, 2.45) is 0 Å². The molecule has 0 saturated carbocycles. The molecular formula is C13H22N2O. The molecule has 16 heavy (non-hydrogen) atoms. The first-order valence-electron chi connectivity index (χ1n) is 5.70. The molecule has 0 fully saturated rings. The van der Waals surface area contributed by atoms with Crippen LogP contribution in [0.5, 0.6) is 0 Å². The maximum absolute atomic E-state index is 5.17. The molecule has 90 valence electrons. The molecule has 3 nitrogen and oxygen atoms in total. The van der Waals surface area contributed by atoms with Gasteiger partial charge in [0, 0.05) is 38.6 Å². The van der Waals surface area contributed by atoms with Crippen molar-refractivity contribution in [3.63, 3.8) is 0 Å². The van der Waals surface area contributed by atoms with Crippen molar-refractivity contribution < 1.29 is 4.74 Å². The first kappa shape index (κ1) is 12.8. The van der Waals surface area contributed by atoms with Gasteiger partial charge in [0.2, 0.25) is 0 Å². The van der Waals surface area contributed by atoms with Crippen molar-refractivity contribution in [1.82, 2.24) is 0 Å². The van der Waals surface area contributed by atoms with Gasteiger partial charge in [-0.3, -0.25) is 0 Å². The van der Waals surface area contributed by atoms with E-state index in [1.165, 1.54) is 5.69 Å². The number of hydrogen-bond acceptors (Lipinski definition) is 3. The Morgan fingerprint density at radius 3 is 2.69 bits per heavy atom. The van der Waals surface area contributed by atoms with Crippen LogP contribution in [0, 0.1) is 0 Å². The molecule has 1 aromatic rings. The second-order valence-electron chi connectivity index (χ2n) is 4.15. The molecule has 0 radical (unpaired) electrons. The minimum Gasteiger partial charge on any atom is -0.383 e. The molecule has 0 bridgehead atoms. The third-order valence-electron chi connectivity index (χ3n) is 2.59. The lowest BCUT2D eigenvalue weighted by Crippen LogP contribution is -2.24. The summed E-state index contributed by atoms with van der Waals surface area (Å²) in [5.74, 6) is 0. The van der Waals surface area contributed by atoms with Gasteiger partial charge in [0.1, 0.15) is 0 Å². The first-order chi connectivity index (χ1) is 7.67. The van der Waals surface area contributed by atoms with Crippen LogP contribution in [-0.4, -0.2) is 33.9 Å². The molecule has 0 amide bonds. The Bertz CT molecular complexity index is 313. The van der Waals surface area contributed by atoms with E-state index in [0.717, 1.165) is 18.7 Å². The Labute approximate surface area is 98.4 Å². The molecule has 1 atom stereocenters. The van der Waals surface area contributed by atoms with E-state index in [1.807, 2.05) is 14.1 Å². The summed E-state index contributed by atoms with van der Waals surface area (Å²) in [7, 11) is 5.83. The van der Waals surface area contributed by atoms with E-state index in [1.54, 1.807) is 7.11 Å². The van der Waals surface area contributed by atoms with Crippen LogP contribution in [-0.2, 0) is 4.74 Å². The molecule has 0 heterocycles. The van der Waals surface area contributed by atoms with Gasteiger partial charge in [-0.25, -0.2) is 0 Å². The van der Waals surface area contributed by atoms with Crippen molar-refractivity contribution in [3.05, 3.63) is 24.3 Å². The van der Waals surface area contributed by atoms with Gasteiger partial charge < -0.3 is 15.0 Å². The minimum atomic E-state index is 0.377. The quantitative estimate of drug-likeness (QED) is 0.800. The predicted octanol–water partition coefficient (Wildman–Crippen LogP) is 2.59. The second-order valence-corrected chi connectivity index (χ2v) is 4.15. The Hall–Kier alpha value is -1.22. The average Bonchev–Trinajstić information content (AvgIpc) is 2.29. The van der Waals surface area contributed by atoms with Gasteiger partial charge in [0.05, 0.1) is 6.61 Å². The summed E-state index contributed by atoms with van der Waals surface area (Å²) in [5, 5.41) is 3.47. The number of methoxy groups -OCH3 is 1. The van der Waals surface area contributed by atoms with E-state index in [9.17, 15) is 0 Å². The highest BCUT2D eigenvalue weighted by Gasteiger charge is 2.05. The number of nitrogens with zero attached hydrogens (tertiary/aromatic N) is 1. The van der Waals surface area contributed by atoms with E-state index < -0.39 is 0 Å². The van der Waals surface area contributed by atoms with Crippen LogP contribution in [0.4, 0.5) is 11.4 Å². The molecule has 0 aromatic heterocycles. The van der Waals surface area contributed by atoms with Crippen LogP contribution in [0.2, 0.25) is 0 Å². The molecule has 1 aromatic carbocycles. The minimum absolute atomic E-state index is 0.377. The SMILES string of the molecule is CCC(COC)Nc1cccc(N(C)C)c1. The summed E-state index contributed by atoms with van der Waals surface area (Å²) in [6.07, 6.45) is 1.06. The Morgan fingerprint density at radius 1 is 1.38 bits per heavy atom. The van der Waals surface area contributed by atoms with Crippen LogP contribution >= 0.6 is 0 Å². The topological polar surface area (TPSA) is 24.5 Å². The highest BCUT2D eigenvalue weighted by molar-refractivity contribution is 5.57. The second kappa shape index (κ2) is 6.38. The highest BCUT2D eigenvalue weighted by atomic mass is 16.5. The van der Waals surface area contributed by atoms with Gasteiger partial charge in [0.15, 0.2) is 0 Å². The van der Waals surface area contributed by atoms with E-state index in [2.05, 4.69) is 41.4 Å². The van der Waals surface area contributed by atoms with Gasteiger partial charge in [0.25, 0.3) is 0 Å². The Morgan fingerprint density at radius 2 is 2.12 bits per heavy atom. The Kier molecular flexibility index (Phi) is 5.12. The summed E-state index contributed by atoms with van der Waals surface area (Å²) in [5.41, 5.74) is 2.35. The monoisotopic (exact) mass is 222 g/mol. The van der Waals surface area contributed by atoms with Gasteiger partial charge in [-0.1, -0.05) is 13.0 Å². The predicted molar refractivity (Wildman–Crippen MR) is 70.3 cm³/mol. The zero-order valence-electron chi connectivity index (χ0n) is 10.7. The van der Waals surface area contributed by atoms with Crippen molar-refractivity contribution >= 4 is 11.4 Å². The van der Waals surface area contributed by atoms with Crippen LogP contribution < -0.4 is 10.2 Å². The molecule has 0 aliphatic heterocycles. The summed E-state index contributed by atoms with van der Waals surface area (Å²) in [6, 6.07) is 8.78. The zero-order valence-corrected chi connectivity index (χ0v) is 10.7. The number of rotatable bonds is 6. The summed E-state index contributed by atoms with van der Waals surface area (Å²) < 4.78 is 5.17. The number of anilines is 2. The van der Waals surface area contributed by atoms with E-state index >= 15 is 0 Å². The lowest BCUT2D eigenvalue weighted by Gasteiger charge is -2.19. The average molecular weight is 222 g/mol. The Balaban J connectivity index is 2.68. The standard InChI is InChI=1S/C13H22N2O/c1-5-11(10-16-4)14-12-7-6-8-13(9-12)15(2)3/h6-9,11,14H,5,10H2,1-4H3. The highest BCUT2D eigenvalue weighted by Crippen LogP contribution is 2.18. The fourth-order valence-corrected chi connectivity index (χ4v) is 1.57. The lowest BCUT2D eigenvalue weighted by molar-refractivity contribution is 0.184. The van der Waals surface area contributed by atoms with Gasteiger partial charge in [-0.15, -0.1) is 0 Å². The molecule has 1 N–H and O–H groups in total. The van der Waals surface area contributed by atoms with Crippen molar-refractivity contribution in [2.75, 3.05) is 38.0 Å². The van der Waals surface area contributed by atoms with E-state index in [-0.39, 0.29) is 0 Å². The largest absolute Gasteiger partial charge is 0.383 e. The number of hydrogen-bond donors (Lipinski definition) is 1. The molecule has 3 heteroatoms. The van der Waals surface area contributed by atoms with Crippen LogP contribution in [0.1, 0.15) is 13.3 Å². The van der Waals surface area contributed by atoms with Gasteiger partial charge in [-0.2, -0.15) is 0 Å². The maximum atomic E-state index is 5.17. The summed E-state index contributed by atoms with van der Waals surface area (Å²) in [6.45, 7) is 2.90. The molecule has 0 aliphatic rings. The van der Waals surface area contributed by atoms with E-state index in [4.69, 9.17) is 4.74 Å². The summed E-state index contributed by atoms with van der Waals surface area (Å²) in [4.78, 5) is 2.10. The van der Waals surface area contributed by atoms with Gasteiger partial charge in [-0.05, 0) is 24.6 Å². The van der Waals surface area contributed by atoms with Crippen molar-refractivity contribution in [3.8, 4) is 0 Å². The number of nitrogens with one attached hydrogen (secondary N) is 1.